The van der Waals surface area contributed by atoms with Crippen LogP contribution in [0.1, 0.15) is 67.2 Å². The first-order valence-electron chi connectivity index (χ1n) is 13.0. The predicted molar refractivity (Wildman–Crippen MR) is 146 cm³/mol. The van der Waals surface area contributed by atoms with E-state index in [0.29, 0.717) is 42.9 Å². The molecule has 3 amide bonds. The van der Waals surface area contributed by atoms with Gasteiger partial charge in [0.15, 0.2) is 12.6 Å². The molecule has 0 bridgehead atoms. The van der Waals surface area contributed by atoms with Crippen LogP contribution >= 0.6 is 0 Å². The van der Waals surface area contributed by atoms with Crippen LogP contribution in [0.5, 0.6) is 5.75 Å². The molecule has 214 valence electrons. The van der Waals surface area contributed by atoms with Gasteiger partial charge in [-0.15, -0.1) is 0 Å². The van der Waals surface area contributed by atoms with Crippen LogP contribution in [-0.4, -0.2) is 91.8 Å². The SMILES string of the molecule is C=C1CCC(N(C)C(=O)c2ccc(OCC=O)cc2C=O)C(=O)N1.CNC1CCN(C(=O)OC(C)(C)C)CC1. The fourth-order valence-corrected chi connectivity index (χ4v) is 4.19. The first kappa shape index (κ1) is 31.5. The van der Waals surface area contributed by atoms with Crippen molar-refractivity contribution in [3.8, 4) is 5.75 Å². The van der Waals surface area contributed by atoms with Crippen LogP contribution in [0, 0.1) is 0 Å². The van der Waals surface area contributed by atoms with Crippen LogP contribution in [0.2, 0.25) is 0 Å². The van der Waals surface area contributed by atoms with Crippen LogP contribution < -0.4 is 15.4 Å². The van der Waals surface area contributed by atoms with Crippen molar-refractivity contribution >= 4 is 30.5 Å². The van der Waals surface area contributed by atoms with Crippen molar-refractivity contribution < 1.29 is 33.4 Å². The highest BCUT2D eigenvalue weighted by atomic mass is 16.6. The summed E-state index contributed by atoms with van der Waals surface area (Å²) in [5.41, 5.74) is 0.540. The van der Waals surface area contributed by atoms with Crippen molar-refractivity contribution in [2.75, 3.05) is 33.8 Å². The highest BCUT2D eigenvalue weighted by molar-refractivity contribution is 6.03. The average molecular weight is 545 g/mol. The van der Waals surface area contributed by atoms with Gasteiger partial charge in [-0.2, -0.15) is 0 Å². The van der Waals surface area contributed by atoms with E-state index >= 15 is 0 Å². The van der Waals surface area contributed by atoms with Crippen LogP contribution in [0.25, 0.3) is 0 Å². The summed E-state index contributed by atoms with van der Waals surface area (Å²) in [6.07, 6.45) is 4.03. The number of rotatable bonds is 7. The Bertz CT molecular complexity index is 1060. The number of benzene rings is 1. The number of hydrogen-bond acceptors (Lipinski definition) is 8. The van der Waals surface area contributed by atoms with Gasteiger partial charge in [0.25, 0.3) is 5.91 Å². The molecule has 0 aliphatic carbocycles. The number of ether oxygens (including phenoxy) is 2. The number of aldehydes is 2. The van der Waals surface area contributed by atoms with Gasteiger partial charge in [-0.05, 0) is 71.7 Å². The molecule has 39 heavy (non-hydrogen) atoms. The van der Waals surface area contributed by atoms with Crippen molar-refractivity contribution in [3.05, 3.63) is 41.6 Å². The van der Waals surface area contributed by atoms with Gasteiger partial charge in [-0.3, -0.25) is 19.2 Å². The van der Waals surface area contributed by atoms with E-state index in [4.69, 9.17) is 9.47 Å². The second-order valence-corrected chi connectivity index (χ2v) is 10.4. The summed E-state index contributed by atoms with van der Waals surface area (Å²) >= 11 is 0. The first-order valence-corrected chi connectivity index (χ1v) is 13.0. The maximum Gasteiger partial charge on any atom is 0.410 e. The van der Waals surface area contributed by atoms with Gasteiger partial charge in [0.2, 0.25) is 5.91 Å². The minimum Gasteiger partial charge on any atom is -0.486 e. The van der Waals surface area contributed by atoms with Gasteiger partial charge in [-0.1, -0.05) is 6.58 Å². The molecule has 2 N–H and O–H groups in total. The zero-order valence-electron chi connectivity index (χ0n) is 23.5. The van der Waals surface area contributed by atoms with Crippen molar-refractivity contribution in [3.63, 3.8) is 0 Å². The molecule has 0 radical (unpaired) electrons. The number of piperidine rings is 2. The number of nitrogens with zero attached hydrogens (tertiary/aromatic N) is 2. The Morgan fingerprint density at radius 1 is 1.21 bits per heavy atom. The summed E-state index contributed by atoms with van der Waals surface area (Å²) in [5.74, 6) is -0.414. The lowest BCUT2D eigenvalue weighted by Gasteiger charge is -2.33. The van der Waals surface area contributed by atoms with Gasteiger partial charge < -0.3 is 29.9 Å². The van der Waals surface area contributed by atoms with E-state index < -0.39 is 17.6 Å². The Balaban J connectivity index is 0.000000306. The second-order valence-electron chi connectivity index (χ2n) is 10.4. The molecule has 1 unspecified atom stereocenters. The lowest BCUT2D eigenvalue weighted by Crippen LogP contribution is -2.50. The molecule has 0 aromatic heterocycles. The van der Waals surface area contributed by atoms with E-state index in [1.165, 1.54) is 30.1 Å². The maximum atomic E-state index is 12.6. The normalized spacial score (nSPS) is 17.8. The maximum absolute atomic E-state index is 12.6. The summed E-state index contributed by atoms with van der Waals surface area (Å²) in [4.78, 5) is 61.1. The number of allylic oxidation sites excluding steroid dienone is 1. The summed E-state index contributed by atoms with van der Waals surface area (Å²) in [6, 6.07) is 4.26. The first-order chi connectivity index (χ1) is 18.4. The van der Waals surface area contributed by atoms with E-state index in [9.17, 15) is 24.0 Å². The Morgan fingerprint density at radius 3 is 2.41 bits per heavy atom. The standard InChI is InChI=1S/C17H18N2O5.C11H22N2O2/c1-11-3-6-15(16(22)18-11)19(2)17(23)14-5-4-13(24-8-7-20)9-12(14)10-21;1-11(2,3)15-10(14)13-7-5-9(12-4)6-8-13/h4-5,7,9-10,15H,1,3,6,8H2,2H3,(H,18,22);9,12H,5-8H2,1-4H3. The minimum atomic E-state index is -0.617. The molecular formula is C28H40N4O7. The molecule has 2 saturated heterocycles. The van der Waals surface area contributed by atoms with Crippen LogP contribution in [0.3, 0.4) is 0 Å². The molecular weight excluding hydrogens is 504 g/mol. The van der Waals surface area contributed by atoms with Crippen LogP contribution in [0.15, 0.2) is 30.5 Å². The molecule has 2 aliphatic heterocycles. The number of likely N-dealkylation sites (N-methyl/N-ethyl adjacent to an activating group) is 1. The van der Waals surface area contributed by atoms with E-state index in [1.807, 2.05) is 27.8 Å². The molecule has 0 spiro atoms. The number of nitrogens with one attached hydrogen (secondary N) is 2. The van der Waals surface area contributed by atoms with Gasteiger partial charge in [0.05, 0.1) is 5.56 Å². The number of carbonyl (C=O) groups excluding carboxylic acids is 5. The number of amides is 3. The molecule has 3 rings (SSSR count). The highest BCUT2D eigenvalue weighted by Gasteiger charge is 2.31. The van der Waals surface area contributed by atoms with E-state index in [2.05, 4.69) is 17.2 Å². The van der Waals surface area contributed by atoms with Crippen molar-refractivity contribution in [1.82, 2.24) is 20.4 Å². The molecule has 11 nitrogen and oxygen atoms in total. The van der Waals surface area contributed by atoms with Crippen LogP contribution in [0.4, 0.5) is 4.79 Å². The molecule has 2 fully saturated rings. The Hall–Kier alpha value is -3.73. The van der Waals surface area contributed by atoms with Crippen molar-refractivity contribution in [2.45, 2.75) is 64.1 Å². The fourth-order valence-electron chi connectivity index (χ4n) is 4.19. The van der Waals surface area contributed by atoms with Crippen LogP contribution in [-0.2, 0) is 14.3 Å². The Kier molecular flexibility index (Phi) is 11.7. The lowest BCUT2D eigenvalue weighted by atomic mass is 10.0. The Labute approximate surface area is 229 Å². The molecule has 0 saturated carbocycles. The zero-order chi connectivity index (χ0) is 29.2. The predicted octanol–water partition coefficient (Wildman–Crippen LogP) is 2.55. The summed E-state index contributed by atoms with van der Waals surface area (Å²) < 4.78 is 10.4. The molecule has 11 heteroatoms. The van der Waals surface area contributed by atoms with E-state index in [-0.39, 0.29) is 29.7 Å². The topological polar surface area (TPSA) is 134 Å². The summed E-state index contributed by atoms with van der Waals surface area (Å²) in [6.45, 7) is 10.8. The van der Waals surface area contributed by atoms with Gasteiger partial charge in [0.1, 0.15) is 24.0 Å². The third-order valence-electron chi connectivity index (χ3n) is 6.36. The second kappa shape index (κ2) is 14.4. The number of hydrogen-bond donors (Lipinski definition) is 2. The minimum absolute atomic E-state index is 0.135. The number of likely N-dealkylation sites (tertiary alicyclic amines) is 1. The quantitative estimate of drug-likeness (QED) is 0.500. The zero-order valence-corrected chi connectivity index (χ0v) is 23.5. The summed E-state index contributed by atoms with van der Waals surface area (Å²) in [5, 5.41) is 5.86. The van der Waals surface area contributed by atoms with Gasteiger partial charge in [-0.25, -0.2) is 4.79 Å². The van der Waals surface area contributed by atoms with Crippen molar-refractivity contribution in [2.24, 2.45) is 0 Å². The number of carbonyl (C=O) groups is 5. The molecule has 1 aromatic carbocycles. The third kappa shape index (κ3) is 9.51. The summed E-state index contributed by atoms with van der Waals surface area (Å²) in [7, 11) is 3.49. The molecule has 2 aliphatic rings. The molecule has 1 aromatic rings. The van der Waals surface area contributed by atoms with E-state index in [1.54, 1.807) is 4.90 Å². The van der Waals surface area contributed by atoms with Crippen molar-refractivity contribution in [1.29, 1.82) is 0 Å². The fraction of sp³-hybridized carbons (Fsp3) is 0.536. The molecule has 1 atom stereocenters. The highest BCUT2D eigenvalue weighted by Crippen LogP contribution is 2.22. The van der Waals surface area contributed by atoms with Gasteiger partial charge >= 0.3 is 6.09 Å². The average Bonchev–Trinajstić information content (AvgIpc) is 2.90. The smallest absolute Gasteiger partial charge is 0.410 e. The monoisotopic (exact) mass is 544 g/mol. The largest absolute Gasteiger partial charge is 0.486 e. The van der Waals surface area contributed by atoms with E-state index in [0.717, 1.165) is 25.9 Å². The lowest BCUT2D eigenvalue weighted by molar-refractivity contribution is -0.125. The third-order valence-corrected chi connectivity index (χ3v) is 6.36. The molecule has 2 heterocycles. The van der Waals surface area contributed by atoms with Gasteiger partial charge in [0, 0.05) is 37.4 Å². The Morgan fingerprint density at radius 2 is 1.87 bits per heavy atom.